The predicted molar refractivity (Wildman–Crippen MR) is 117 cm³/mol. The number of hydrogen-bond donors (Lipinski definition) is 1. The Morgan fingerprint density at radius 1 is 1.17 bits per heavy atom. The second-order valence-corrected chi connectivity index (χ2v) is 7.87. The summed E-state index contributed by atoms with van der Waals surface area (Å²) in [5, 5.41) is 8.51. The van der Waals surface area contributed by atoms with E-state index in [-0.39, 0.29) is 0 Å². The lowest BCUT2D eigenvalue weighted by atomic mass is 10.2. The van der Waals surface area contributed by atoms with Crippen LogP contribution in [0.2, 0.25) is 5.02 Å². The number of thioether (sulfide) groups is 1. The van der Waals surface area contributed by atoms with E-state index >= 15 is 0 Å². The Labute approximate surface area is 183 Å². The summed E-state index contributed by atoms with van der Waals surface area (Å²) in [7, 11) is 3.56. The van der Waals surface area contributed by atoms with Crippen LogP contribution in [-0.2, 0) is 19.4 Å². The molecule has 0 fully saturated rings. The van der Waals surface area contributed by atoms with E-state index < -0.39 is 0 Å². The number of imidazole rings is 1. The van der Waals surface area contributed by atoms with Crippen molar-refractivity contribution in [2.75, 3.05) is 7.11 Å². The van der Waals surface area contributed by atoms with Crippen molar-refractivity contribution in [3.8, 4) is 22.9 Å². The van der Waals surface area contributed by atoms with Gasteiger partial charge in [-0.1, -0.05) is 35.5 Å². The number of ether oxygens (including phenoxy) is 2. The lowest BCUT2D eigenvalue weighted by Crippen LogP contribution is -2.02. The van der Waals surface area contributed by atoms with E-state index in [1.807, 2.05) is 48.1 Å². The molecule has 4 aromatic rings. The molecule has 0 bridgehead atoms. The molecule has 0 aliphatic rings. The predicted octanol–water partition coefficient (Wildman–Crippen LogP) is 4.74. The number of methoxy groups -OCH3 is 1. The van der Waals surface area contributed by atoms with Crippen LogP contribution in [0, 0.1) is 0 Å². The Morgan fingerprint density at radius 3 is 2.73 bits per heavy atom. The van der Waals surface area contributed by atoms with Crippen molar-refractivity contribution >= 4 is 23.4 Å². The normalized spacial score (nSPS) is 10.9. The highest BCUT2D eigenvalue weighted by molar-refractivity contribution is 7.98. The largest absolute Gasteiger partial charge is 0.496 e. The molecule has 2 heterocycles. The molecule has 0 unspecified atom stereocenters. The topological polar surface area (TPSA) is 77.8 Å². The van der Waals surface area contributed by atoms with E-state index in [9.17, 15) is 0 Å². The third-order valence-corrected chi connectivity index (χ3v) is 5.62. The third-order valence-electron chi connectivity index (χ3n) is 4.46. The molecule has 1 N–H and O–H groups in total. The van der Waals surface area contributed by atoms with Gasteiger partial charge in [-0.25, -0.2) is 9.97 Å². The zero-order chi connectivity index (χ0) is 20.9. The van der Waals surface area contributed by atoms with Gasteiger partial charge in [0.05, 0.1) is 12.7 Å². The van der Waals surface area contributed by atoms with E-state index in [2.05, 4.69) is 20.2 Å². The van der Waals surface area contributed by atoms with Crippen LogP contribution in [0.25, 0.3) is 11.4 Å². The second kappa shape index (κ2) is 9.23. The van der Waals surface area contributed by atoms with Crippen molar-refractivity contribution in [1.29, 1.82) is 0 Å². The van der Waals surface area contributed by atoms with Gasteiger partial charge in [0, 0.05) is 30.2 Å². The first-order chi connectivity index (χ1) is 14.6. The Kier molecular flexibility index (Phi) is 6.25. The fraction of sp³-hybridized carbons (Fsp3) is 0.190. The number of hydrogen-bond acceptors (Lipinski definition) is 6. The lowest BCUT2D eigenvalue weighted by Gasteiger charge is -2.07. The van der Waals surface area contributed by atoms with Gasteiger partial charge >= 0.3 is 0 Å². The Morgan fingerprint density at radius 2 is 2.00 bits per heavy atom. The summed E-state index contributed by atoms with van der Waals surface area (Å²) in [5.74, 6) is 3.73. The highest BCUT2D eigenvalue weighted by Gasteiger charge is 2.12. The summed E-state index contributed by atoms with van der Waals surface area (Å²) in [6.07, 6.45) is 3.66. The highest BCUT2D eigenvalue weighted by atomic mass is 35.5. The number of aromatic nitrogens is 5. The standard InChI is InChI=1S/C21H20ClN5O2S/c1-27-10-9-23-19(27)12-29-16-6-3-14(4-7-16)13-30-21-24-20(25-26-21)17-11-15(22)5-8-18(17)28-2/h3-11H,12-13H2,1-2H3,(H,24,25,26). The van der Waals surface area contributed by atoms with E-state index in [0.29, 0.717) is 28.4 Å². The third kappa shape index (κ3) is 4.77. The van der Waals surface area contributed by atoms with Crippen molar-refractivity contribution in [3.05, 3.63) is 71.3 Å². The average Bonchev–Trinajstić information content (AvgIpc) is 3.40. The molecule has 0 aliphatic heterocycles. The Bertz CT molecular complexity index is 1130. The summed E-state index contributed by atoms with van der Waals surface area (Å²) in [5.41, 5.74) is 1.93. The molecule has 154 valence electrons. The summed E-state index contributed by atoms with van der Waals surface area (Å²) in [4.78, 5) is 8.81. The molecule has 4 rings (SSSR count). The minimum absolute atomic E-state index is 0.435. The van der Waals surface area contributed by atoms with Gasteiger partial charge in [0.15, 0.2) is 5.82 Å². The first-order valence-electron chi connectivity index (χ1n) is 9.19. The Balaban J connectivity index is 1.35. The SMILES string of the molecule is COc1ccc(Cl)cc1-c1nc(SCc2ccc(OCc3nccn3C)cc2)n[nH]1. The number of rotatable bonds is 8. The number of halogens is 1. The molecular weight excluding hydrogens is 422 g/mol. The average molecular weight is 442 g/mol. The zero-order valence-corrected chi connectivity index (χ0v) is 18.1. The number of H-pyrrole nitrogens is 1. The highest BCUT2D eigenvalue weighted by Crippen LogP contribution is 2.31. The molecule has 0 atom stereocenters. The molecular formula is C21H20ClN5O2S. The van der Waals surface area contributed by atoms with Crippen LogP contribution in [-0.4, -0.2) is 31.8 Å². The molecule has 2 aromatic carbocycles. The molecule has 0 radical (unpaired) electrons. The monoisotopic (exact) mass is 441 g/mol. The first-order valence-corrected chi connectivity index (χ1v) is 10.6. The molecule has 0 spiro atoms. The van der Waals surface area contributed by atoms with Gasteiger partial charge < -0.3 is 14.0 Å². The van der Waals surface area contributed by atoms with E-state index in [1.165, 1.54) is 0 Å². The van der Waals surface area contributed by atoms with Crippen LogP contribution in [0.15, 0.2) is 60.0 Å². The van der Waals surface area contributed by atoms with Crippen LogP contribution in [0.4, 0.5) is 0 Å². The van der Waals surface area contributed by atoms with E-state index in [4.69, 9.17) is 21.1 Å². The summed E-state index contributed by atoms with van der Waals surface area (Å²) in [6.45, 7) is 0.435. The molecule has 0 saturated carbocycles. The number of aryl methyl sites for hydroxylation is 1. The van der Waals surface area contributed by atoms with E-state index in [1.54, 1.807) is 37.2 Å². The van der Waals surface area contributed by atoms with Crippen molar-refractivity contribution in [2.45, 2.75) is 17.5 Å². The minimum Gasteiger partial charge on any atom is -0.496 e. The lowest BCUT2D eigenvalue weighted by molar-refractivity contribution is 0.292. The van der Waals surface area contributed by atoms with E-state index in [0.717, 1.165) is 28.5 Å². The van der Waals surface area contributed by atoms with Crippen LogP contribution >= 0.6 is 23.4 Å². The van der Waals surface area contributed by atoms with Gasteiger partial charge in [-0.3, -0.25) is 5.10 Å². The van der Waals surface area contributed by atoms with Crippen LogP contribution in [0.5, 0.6) is 11.5 Å². The molecule has 30 heavy (non-hydrogen) atoms. The number of nitrogens with one attached hydrogen (secondary N) is 1. The van der Waals surface area contributed by atoms with Crippen LogP contribution < -0.4 is 9.47 Å². The Hall–Kier alpha value is -2.97. The number of aromatic amines is 1. The van der Waals surface area contributed by atoms with Gasteiger partial charge in [0.2, 0.25) is 5.16 Å². The molecule has 9 heteroatoms. The van der Waals surface area contributed by atoms with Gasteiger partial charge in [-0.15, -0.1) is 5.10 Å². The summed E-state index contributed by atoms with van der Waals surface area (Å²) < 4.78 is 13.1. The maximum absolute atomic E-state index is 6.11. The summed E-state index contributed by atoms with van der Waals surface area (Å²) in [6, 6.07) is 13.4. The fourth-order valence-corrected chi connectivity index (χ4v) is 3.74. The molecule has 0 amide bonds. The maximum Gasteiger partial charge on any atom is 0.209 e. The van der Waals surface area contributed by atoms with Crippen LogP contribution in [0.3, 0.4) is 0 Å². The fourth-order valence-electron chi connectivity index (χ4n) is 2.81. The maximum atomic E-state index is 6.11. The van der Waals surface area contributed by atoms with Crippen molar-refractivity contribution in [1.82, 2.24) is 24.7 Å². The van der Waals surface area contributed by atoms with Crippen molar-refractivity contribution < 1.29 is 9.47 Å². The van der Waals surface area contributed by atoms with Crippen molar-refractivity contribution in [2.24, 2.45) is 7.05 Å². The van der Waals surface area contributed by atoms with Gasteiger partial charge in [0.1, 0.15) is 23.9 Å². The molecule has 2 aromatic heterocycles. The van der Waals surface area contributed by atoms with Crippen molar-refractivity contribution in [3.63, 3.8) is 0 Å². The molecule has 7 nitrogen and oxygen atoms in total. The van der Waals surface area contributed by atoms with Crippen LogP contribution in [0.1, 0.15) is 11.4 Å². The van der Waals surface area contributed by atoms with Gasteiger partial charge in [-0.05, 0) is 35.9 Å². The zero-order valence-electron chi connectivity index (χ0n) is 16.5. The first kappa shape index (κ1) is 20.3. The smallest absolute Gasteiger partial charge is 0.209 e. The van der Waals surface area contributed by atoms with Gasteiger partial charge in [-0.2, -0.15) is 0 Å². The number of benzene rings is 2. The molecule has 0 saturated heterocycles. The second-order valence-electron chi connectivity index (χ2n) is 6.49. The molecule has 0 aliphatic carbocycles. The minimum atomic E-state index is 0.435. The quantitative estimate of drug-likeness (QED) is 0.398. The summed E-state index contributed by atoms with van der Waals surface area (Å²) >= 11 is 7.65. The van der Waals surface area contributed by atoms with Gasteiger partial charge in [0.25, 0.3) is 0 Å². The number of nitrogens with zero attached hydrogens (tertiary/aromatic N) is 4.